The molecule has 8 heteroatoms. The van der Waals surface area contributed by atoms with Crippen LogP contribution in [0.5, 0.6) is 0 Å². The molecule has 32 heavy (non-hydrogen) atoms. The van der Waals surface area contributed by atoms with Crippen LogP contribution >= 0.6 is 0 Å². The number of nitrogens with zero attached hydrogens (tertiary/aromatic N) is 2. The van der Waals surface area contributed by atoms with Crippen molar-refractivity contribution in [3.63, 3.8) is 0 Å². The van der Waals surface area contributed by atoms with E-state index < -0.39 is 19.1 Å². The topological polar surface area (TPSA) is 67.5 Å². The fourth-order valence-electron chi connectivity index (χ4n) is 5.07. The van der Waals surface area contributed by atoms with E-state index in [1.54, 1.807) is 11.1 Å². The SMILES string of the molecule is O=C(OCC(F)F)N1CCC[C@H](c2ccn[nH]2)[C@@H]1COC1CCC(c2ccccc2)CC1. The van der Waals surface area contributed by atoms with Gasteiger partial charge >= 0.3 is 6.09 Å². The van der Waals surface area contributed by atoms with Crippen LogP contribution in [0.15, 0.2) is 42.6 Å². The van der Waals surface area contributed by atoms with Crippen LogP contribution in [0.1, 0.15) is 61.6 Å². The van der Waals surface area contributed by atoms with Crippen LogP contribution in [0.4, 0.5) is 13.6 Å². The lowest BCUT2D eigenvalue weighted by atomic mass is 9.82. The molecule has 0 spiro atoms. The van der Waals surface area contributed by atoms with E-state index in [0.717, 1.165) is 44.2 Å². The third-order valence-electron chi connectivity index (χ3n) is 6.72. The normalized spacial score (nSPS) is 26.3. The lowest BCUT2D eigenvalue weighted by Crippen LogP contribution is -2.51. The Labute approximate surface area is 187 Å². The van der Waals surface area contributed by atoms with E-state index >= 15 is 0 Å². The number of rotatable bonds is 7. The van der Waals surface area contributed by atoms with Gasteiger partial charge in [-0.2, -0.15) is 5.10 Å². The minimum absolute atomic E-state index is 0.00556. The zero-order valence-corrected chi connectivity index (χ0v) is 18.2. The second-order valence-corrected chi connectivity index (χ2v) is 8.71. The van der Waals surface area contributed by atoms with Crippen molar-refractivity contribution >= 4 is 6.09 Å². The number of likely N-dealkylation sites (tertiary alicyclic amines) is 1. The molecule has 2 atom stereocenters. The Morgan fingerprint density at radius 2 is 1.91 bits per heavy atom. The van der Waals surface area contributed by atoms with Crippen LogP contribution in [-0.4, -0.2) is 59.5 Å². The number of H-pyrrole nitrogens is 1. The van der Waals surface area contributed by atoms with Crippen molar-refractivity contribution in [3.8, 4) is 0 Å². The minimum atomic E-state index is -2.68. The molecule has 1 aliphatic heterocycles. The summed E-state index contributed by atoms with van der Waals surface area (Å²) in [6, 6.07) is 12.2. The number of carbonyl (C=O) groups is 1. The van der Waals surface area contributed by atoms with Gasteiger partial charge in [-0.05, 0) is 56.1 Å². The largest absolute Gasteiger partial charge is 0.443 e. The van der Waals surface area contributed by atoms with Crippen molar-refractivity contribution < 1.29 is 23.0 Å². The molecule has 2 heterocycles. The second kappa shape index (κ2) is 10.9. The van der Waals surface area contributed by atoms with E-state index in [9.17, 15) is 13.6 Å². The van der Waals surface area contributed by atoms with Gasteiger partial charge in [0.1, 0.15) is 0 Å². The van der Waals surface area contributed by atoms with Gasteiger partial charge in [0.05, 0.1) is 18.8 Å². The summed E-state index contributed by atoms with van der Waals surface area (Å²) in [5.74, 6) is 0.565. The van der Waals surface area contributed by atoms with Crippen molar-refractivity contribution in [2.24, 2.45) is 0 Å². The van der Waals surface area contributed by atoms with Gasteiger partial charge in [-0.1, -0.05) is 30.3 Å². The van der Waals surface area contributed by atoms with E-state index in [-0.39, 0.29) is 18.1 Å². The zero-order chi connectivity index (χ0) is 22.3. The summed E-state index contributed by atoms with van der Waals surface area (Å²) in [5.41, 5.74) is 2.31. The minimum Gasteiger partial charge on any atom is -0.443 e. The highest BCUT2D eigenvalue weighted by Gasteiger charge is 2.38. The van der Waals surface area contributed by atoms with Gasteiger partial charge in [-0.25, -0.2) is 13.6 Å². The summed E-state index contributed by atoms with van der Waals surface area (Å²) in [6.45, 7) is -0.0588. The number of aromatic nitrogens is 2. The lowest BCUT2D eigenvalue weighted by molar-refractivity contribution is -0.0322. The van der Waals surface area contributed by atoms with E-state index in [4.69, 9.17) is 9.47 Å². The molecule has 6 nitrogen and oxygen atoms in total. The molecule has 1 saturated carbocycles. The zero-order valence-electron chi connectivity index (χ0n) is 18.2. The van der Waals surface area contributed by atoms with Gasteiger partial charge in [0.25, 0.3) is 6.43 Å². The second-order valence-electron chi connectivity index (χ2n) is 8.71. The summed E-state index contributed by atoms with van der Waals surface area (Å²) in [7, 11) is 0. The molecule has 1 saturated heterocycles. The van der Waals surface area contributed by atoms with Gasteiger partial charge in [0.15, 0.2) is 6.61 Å². The Kier molecular flexibility index (Phi) is 7.73. The molecule has 1 aliphatic carbocycles. The Morgan fingerprint density at radius 1 is 1.12 bits per heavy atom. The summed E-state index contributed by atoms with van der Waals surface area (Å²) in [6.07, 6.45) is 4.17. The van der Waals surface area contributed by atoms with Crippen LogP contribution in [-0.2, 0) is 9.47 Å². The van der Waals surface area contributed by atoms with Gasteiger partial charge in [-0.3, -0.25) is 5.10 Å². The number of benzene rings is 1. The molecule has 1 aromatic heterocycles. The summed E-state index contributed by atoms with van der Waals surface area (Å²) >= 11 is 0. The first-order chi connectivity index (χ1) is 15.6. The first kappa shape index (κ1) is 22.7. The molecule has 1 amide bonds. The van der Waals surface area contributed by atoms with Crippen molar-refractivity contribution in [2.45, 2.75) is 68.9 Å². The monoisotopic (exact) mass is 447 g/mol. The fraction of sp³-hybridized carbons (Fsp3) is 0.583. The molecule has 2 aliphatic rings. The Balaban J connectivity index is 1.38. The van der Waals surface area contributed by atoms with Crippen LogP contribution in [0, 0.1) is 0 Å². The highest BCUT2D eigenvalue weighted by Crippen LogP contribution is 2.36. The van der Waals surface area contributed by atoms with Crippen molar-refractivity contribution in [3.05, 3.63) is 53.9 Å². The smallest absolute Gasteiger partial charge is 0.410 e. The number of hydrogen-bond acceptors (Lipinski definition) is 4. The molecular formula is C24H31F2N3O3. The highest BCUT2D eigenvalue weighted by molar-refractivity contribution is 5.68. The fourth-order valence-corrected chi connectivity index (χ4v) is 5.07. The molecule has 2 aromatic rings. The molecule has 1 aromatic carbocycles. The molecule has 174 valence electrons. The van der Waals surface area contributed by atoms with Crippen molar-refractivity contribution in [2.75, 3.05) is 19.8 Å². The summed E-state index contributed by atoms with van der Waals surface area (Å²) in [4.78, 5) is 14.1. The average Bonchev–Trinajstić information content (AvgIpc) is 3.37. The number of amides is 1. The predicted octanol–water partition coefficient (Wildman–Crippen LogP) is 5.10. The average molecular weight is 448 g/mol. The molecule has 4 rings (SSSR count). The molecule has 2 fully saturated rings. The highest BCUT2D eigenvalue weighted by atomic mass is 19.3. The quantitative estimate of drug-likeness (QED) is 0.641. The number of alkyl halides is 2. The maximum atomic E-state index is 12.6. The summed E-state index contributed by atoms with van der Waals surface area (Å²) < 4.78 is 36.3. The Hall–Kier alpha value is -2.48. The molecular weight excluding hydrogens is 416 g/mol. The van der Waals surface area contributed by atoms with E-state index in [0.29, 0.717) is 19.1 Å². The number of hydrogen-bond donors (Lipinski definition) is 1. The third-order valence-corrected chi connectivity index (χ3v) is 6.72. The molecule has 1 N–H and O–H groups in total. The number of aromatic amines is 1. The molecule has 0 bridgehead atoms. The molecule has 0 radical (unpaired) electrons. The number of carbonyl (C=O) groups excluding carboxylic acids is 1. The van der Waals surface area contributed by atoms with Crippen molar-refractivity contribution in [1.82, 2.24) is 15.1 Å². The van der Waals surface area contributed by atoms with Gasteiger partial charge < -0.3 is 14.4 Å². The maximum absolute atomic E-state index is 12.6. The van der Waals surface area contributed by atoms with Crippen LogP contribution in [0.25, 0.3) is 0 Å². The van der Waals surface area contributed by atoms with Crippen LogP contribution in [0.2, 0.25) is 0 Å². The standard InChI is InChI=1S/C24H31F2N3O3/c25-23(26)16-32-24(30)29-14-4-7-20(21-12-13-27-28-21)22(29)15-31-19-10-8-18(9-11-19)17-5-2-1-3-6-17/h1-3,5-6,12-13,18-20,22-23H,4,7-11,14-16H2,(H,27,28)/t18?,19?,20-,22+/m1/s1. The van der Waals surface area contributed by atoms with Gasteiger partial charge in [-0.15, -0.1) is 0 Å². The maximum Gasteiger partial charge on any atom is 0.410 e. The van der Waals surface area contributed by atoms with Crippen LogP contribution in [0.3, 0.4) is 0 Å². The van der Waals surface area contributed by atoms with E-state index in [1.165, 1.54) is 5.56 Å². The van der Waals surface area contributed by atoms with Crippen LogP contribution < -0.4 is 0 Å². The number of piperidine rings is 1. The third kappa shape index (κ3) is 5.65. The number of ether oxygens (including phenoxy) is 2. The van der Waals surface area contributed by atoms with Crippen molar-refractivity contribution in [1.29, 1.82) is 0 Å². The summed E-state index contributed by atoms with van der Waals surface area (Å²) in [5, 5.41) is 7.05. The Morgan fingerprint density at radius 3 is 2.59 bits per heavy atom. The van der Waals surface area contributed by atoms with E-state index in [2.05, 4.69) is 34.5 Å². The van der Waals surface area contributed by atoms with E-state index in [1.807, 2.05) is 12.1 Å². The lowest BCUT2D eigenvalue weighted by Gasteiger charge is -2.41. The van der Waals surface area contributed by atoms with Gasteiger partial charge in [0.2, 0.25) is 0 Å². The van der Waals surface area contributed by atoms with Gasteiger partial charge in [0, 0.05) is 24.4 Å². The predicted molar refractivity (Wildman–Crippen MR) is 116 cm³/mol. The molecule has 0 unspecified atom stereocenters. The number of nitrogens with one attached hydrogen (secondary N) is 1. The first-order valence-electron chi connectivity index (χ1n) is 11.5. The Bertz CT molecular complexity index is 826. The number of halogens is 2. The first-order valence-corrected chi connectivity index (χ1v) is 11.5.